The average Bonchev–Trinajstić information content (AvgIpc) is 2.79. The second-order valence-electron chi connectivity index (χ2n) is 4.19. The molecule has 0 aromatic heterocycles. The standard InChI is InChI=1S/C13H12N2O4/c1-3-9-6-13(16)14(8-9)11-5-4-10(15(17)18)7-12(11)19-2/h1,4-5,7,9H,6,8H2,2H3. The number of amides is 1. The van der Waals surface area contributed by atoms with Crippen LogP contribution < -0.4 is 9.64 Å². The monoisotopic (exact) mass is 260 g/mol. The third-order valence-corrected chi connectivity index (χ3v) is 3.03. The molecule has 1 amide bonds. The Morgan fingerprint density at radius 1 is 1.58 bits per heavy atom. The highest BCUT2D eigenvalue weighted by atomic mass is 16.6. The van der Waals surface area contributed by atoms with Gasteiger partial charge in [-0.05, 0) is 6.07 Å². The summed E-state index contributed by atoms with van der Waals surface area (Å²) in [5.74, 6) is 2.61. The maximum Gasteiger partial charge on any atom is 0.273 e. The van der Waals surface area contributed by atoms with Crippen LogP contribution in [0.25, 0.3) is 0 Å². The Morgan fingerprint density at radius 2 is 2.32 bits per heavy atom. The van der Waals surface area contributed by atoms with E-state index in [2.05, 4.69) is 5.92 Å². The van der Waals surface area contributed by atoms with Crippen LogP contribution >= 0.6 is 0 Å². The molecule has 0 N–H and O–H groups in total. The number of methoxy groups -OCH3 is 1. The van der Waals surface area contributed by atoms with Crippen molar-refractivity contribution in [3.8, 4) is 18.1 Å². The van der Waals surface area contributed by atoms with E-state index in [-0.39, 0.29) is 23.9 Å². The van der Waals surface area contributed by atoms with Gasteiger partial charge in [0.2, 0.25) is 5.91 Å². The van der Waals surface area contributed by atoms with Gasteiger partial charge in [0.15, 0.2) is 0 Å². The summed E-state index contributed by atoms with van der Waals surface area (Å²) in [4.78, 5) is 23.6. The van der Waals surface area contributed by atoms with Crippen molar-refractivity contribution in [1.29, 1.82) is 0 Å². The van der Waals surface area contributed by atoms with Crippen LogP contribution in [0.4, 0.5) is 11.4 Å². The lowest BCUT2D eigenvalue weighted by atomic mass is 10.1. The number of ether oxygens (including phenoxy) is 1. The molecule has 1 atom stereocenters. The Balaban J connectivity index is 2.38. The number of nitrogens with zero attached hydrogens (tertiary/aromatic N) is 2. The fraction of sp³-hybridized carbons (Fsp3) is 0.308. The van der Waals surface area contributed by atoms with Crippen molar-refractivity contribution < 1.29 is 14.5 Å². The lowest BCUT2D eigenvalue weighted by molar-refractivity contribution is -0.384. The molecular weight excluding hydrogens is 248 g/mol. The Kier molecular flexibility index (Phi) is 3.38. The van der Waals surface area contributed by atoms with E-state index in [1.807, 2.05) is 0 Å². The van der Waals surface area contributed by atoms with Gasteiger partial charge in [0, 0.05) is 24.9 Å². The van der Waals surface area contributed by atoms with Crippen LogP contribution in [0.2, 0.25) is 0 Å². The number of benzene rings is 1. The number of terminal acetylenes is 1. The van der Waals surface area contributed by atoms with E-state index in [1.165, 1.54) is 30.2 Å². The minimum Gasteiger partial charge on any atom is -0.494 e. The fourth-order valence-electron chi connectivity index (χ4n) is 2.05. The van der Waals surface area contributed by atoms with Crippen LogP contribution in [0.3, 0.4) is 0 Å². The Labute approximate surface area is 110 Å². The highest BCUT2D eigenvalue weighted by Crippen LogP contribution is 2.35. The topological polar surface area (TPSA) is 72.7 Å². The van der Waals surface area contributed by atoms with Crippen LogP contribution in [-0.2, 0) is 4.79 Å². The number of anilines is 1. The number of non-ortho nitro benzene ring substituents is 1. The number of rotatable bonds is 3. The maximum atomic E-state index is 11.9. The minimum atomic E-state index is -0.512. The van der Waals surface area contributed by atoms with Crippen molar-refractivity contribution in [1.82, 2.24) is 0 Å². The molecule has 0 aliphatic carbocycles. The molecule has 0 saturated carbocycles. The number of nitro benzene ring substituents is 1. The van der Waals surface area contributed by atoms with Crippen LogP contribution in [0.15, 0.2) is 18.2 Å². The first-order valence-corrected chi connectivity index (χ1v) is 5.65. The fourth-order valence-corrected chi connectivity index (χ4v) is 2.05. The van der Waals surface area contributed by atoms with Gasteiger partial charge in [-0.3, -0.25) is 14.9 Å². The van der Waals surface area contributed by atoms with E-state index < -0.39 is 4.92 Å². The second kappa shape index (κ2) is 4.98. The van der Waals surface area contributed by atoms with Gasteiger partial charge < -0.3 is 9.64 Å². The smallest absolute Gasteiger partial charge is 0.273 e. The summed E-state index contributed by atoms with van der Waals surface area (Å²) in [6, 6.07) is 4.15. The summed E-state index contributed by atoms with van der Waals surface area (Å²) in [5, 5.41) is 10.7. The minimum absolute atomic E-state index is 0.0826. The molecule has 98 valence electrons. The van der Waals surface area contributed by atoms with E-state index in [0.29, 0.717) is 18.0 Å². The number of nitro groups is 1. The number of carbonyl (C=O) groups is 1. The molecule has 2 rings (SSSR count). The molecule has 1 heterocycles. The first kappa shape index (κ1) is 12.9. The number of hydrogen-bond acceptors (Lipinski definition) is 4. The highest BCUT2D eigenvalue weighted by molar-refractivity contribution is 5.97. The quantitative estimate of drug-likeness (QED) is 0.470. The molecule has 6 nitrogen and oxygen atoms in total. The molecule has 1 aliphatic heterocycles. The van der Waals surface area contributed by atoms with Gasteiger partial charge in [-0.15, -0.1) is 12.3 Å². The third kappa shape index (κ3) is 2.36. The van der Waals surface area contributed by atoms with Gasteiger partial charge in [-0.2, -0.15) is 0 Å². The summed E-state index contributed by atoms with van der Waals surface area (Å²) < 4.78 is 5.12. The van der Waals surface area contributed by atoms with Gasteiger partial charge in [0.05, 0.1) is 23.8 Å². The lowest BCUT2D eigenvalue weighted by Gasteiger charge is -2.18. The summed E-state index contributed by atoms with van der Waals surface area (Å²) in [7, 11) is 1.40. The summed E-state index contributed by atoms with van der Waals surface area (Å²) in [6.07, 6.45) is 5.61. The summed E-state index contributed by atoms with van der Waals surface area (Å²) >= 11 is 0. The summed E-state index contributed by atoms with van der Waals surface area (Å²) in [6.45, 7) is 0.406. The van der Waals surface area contributed by atoms with Crippen molar-refractivity contribution >= 4 is 17.3 Å². The normalized spacial score (nSPS) is 18.2. The highest BCUT2D eigenvalue weighted by Gasteiger charge is 2.31. The number of hydrogen-bond donors (Lipinski definition) is 0. The largest absolute Gasteiger partial charge is 0.494 e. The molecule has 6 heteroatoms. The van der Waals surface area contributed by atoms with E-state index in [1.54, 1.807) is 0 Å². The molecule has 1 aromatic carbocycles. The average molecular weight is 260 g/mol. The van der Waals surface area contributed by atoms with E-state index in [0.717, 1.165) is 0 Å². The van der Waals surface area contributed by atoms with Gasteiger partial charge in [-0.25, -0.2) is 0 Å². The van der Waals surface area contributed by atoms with Crippen molar-refractivity contribution in [2.24, 2.45) is 5.92 Å². The molecule has 1 fully saturated rings. The van der Waals surface area contributed by atoms with Crippen LogP contribution in [0, 0.1) is 28.4 Å². The van der Waals surface area contributed by atoms with E-state index in [9.17, 15) is 14.9 Å². The van der Waals surface area contributed by atoms with Gasteiger partial charge in [0.25, 0.3) is 5.69 Å². The van der Waals surface area contributed by atoms with Crippen molar-refractivity contribution in [2.45, 2.75) is 6.42 Å². The predicted octanol–water partition coefficient (Wildman–Crippen LogP) is 1.59. The lowest BCUT2D eigenvalue weighted by Crippen LogP contribution is -2.24. The number of carbonyl (C=O) groups excluding carboxylic acids is 1. The first-order valence-electron chi connectivity index (χ1n) is 5.65. The van der Waals surface area contributed by atoms with Crippen LogP contribution in [-0.4, -0.2) is 24.5 Å². The molecule has 0 radical (unpaired) electrons. The zero-order chi connectivity index (χ0) is 14.0. The molecule has 1 aromatic rings. The molecule has 1 saturated heterocycles. The van der Waals surface area contributed by atoms with Crippen molar-refractivity contribution in [2.75, 3.05) is 18.6 Å². The van der Waals surface area contributed by atoms with E-state index >= 15 is 0 Å². The molecule has 0 spiro atoms. The van der Waals surface area contributed by atoms with Gasteiger partial charge >= 0.3 is 0 Å². The SMILES string of the molecule is C#CC1CC(=O)N(c2ccc([N+](=O)[O-])cc2OC)C1. The molecule has 19 heavy (non-hydrogen) atoms. The van der Waals surface area contributed by atoms with Crippen molar-refractivity contribution in [3.05, 3.63) is 28.3 Å². The molecule has 0 bridgehead atoms. The third-order valence-electron chi connectivity index (χ3n) is 3.03. The second-order valence-corrected chi connectivity index (χ2v) is 4.19. The zero-order valence-electron chi connectivity index (χ0n) is 10.3. The van der Waals surface area contributed by atoms with Gasteiger partial charge in [-0.1, -0.05) is 0 Å². The summed E-state index contributed by atoms with van der Waals surface area (Å²) in [5.41, 5.74) is 0.427. The van der Waals surface area contributed by atoms with Crippen LogP contribution in [0.5, 0.6) is 5.75 Å². The molecule has 1 unspecified atom stereocenters. The Morgan fingerprint density at radius 3 is 2.84 bits per heavy atom. The zero-order valence-corrected chi connectivity index (χ0v) is 10.3. The maximum absolute atomic E-state index is 11.9. The Bertz CT molecular complexity index is 576. The molecule has 1 aliphatic rings. The first-order chi connectivity index (χ1) is 9.06. The Hall–Kier alpha value is -2.55. The van der Waals surface area contributed by atoms with Crippen molar-refractivity contribution in [3.63, 3.8) is 0 Å². The van der Waals surface area contributed by atoms with Crippen LogP contribution in [0.1, 0.15) is 6.42 Å². The van der Waals surface area contributed by atoms with E-state index in [4.69, 9.17) is 11.2 Å². The predicted molar refractivity (Wildman–Crippen MR) is 68.9 cm³/mol. The van der Waals surface area contributed by atoms with Gasteiger partial charge in [0.1, 0.15) is 5.75 Å². The molecular formula is C13H12N2O4.